The standard InChI is InChI=1S/C13H11FN4O2S/c1-7(2)20-12(19)10-15-16-13-18(10)17-11(21-13)8-3-5-9(14)6-4-8/h3-7H,1-2H3. The van der Waals surface area contributed by atoms with E-state index in [1.54, 1.807) is 26.0 Å². The number of benzene rings is 1. The molecule has 0 radical (unpaired) electrons. The molecule has 0 unspecified atom stereocenters. The molecule has 0 N–H and O–H groups in total. The Bertz CT molecular complexity index is 794. The molecule has 0 aliphatic rings. The molecule has 3 rings (SSSR count). The molecule has 3 aromatic rings. The molecule has 0 aliphatic carbocycles. The summed E-state index contributed by atoms with van der Waals surface area (Å²) >= 11 is 1.26. The third-order valence-electron chi connectivity index (χ3n) is 2.61. The molecule has 0 fully saturated rings. The number of hydrogen-bond acceptors (Lipinski definition) is 6. The molecule has 2 aromatic heterocycles. The van der Waals surface area contributed by atoms with Crippen LogP contribution in [0.25, 0.3) is 15.5 Å². The van der Waals surface area contributed by atoms with Crippen molar-refractivity contribution in [1.29, 1.82) is 0 Å². The first kappa shape index (κ1) is 13.6. The van der Waals surface area contributed by atoms with Crippen LogP contribution in [0.2, 0.25) is 0 Å². The van der Waals surface area contributed by atoms with Crippen LogP contribution in [0.5, 0.6) is 0 Å². The molecule has 0 saturated carbocycles. The molecule has 108 valence electrons. The van der Waals surface area contributed by atoms with Crippen LogP contribution in [-0.2, 0) is 4.74 Å². The van der Waals surface area contributed by atoms with Crippen molar-refractivity contribution in [1.82, 2.24) is 19.8 Å². The molecule has 0 spiro atoms. The molecule has 6 nitrogen and oxygen atoms in total. The Labute approximate surface area is 123 Å². The number of rotatable bonds is 3. The summed E-state index contributed by atoms with van der Waals surface area (Å²) in [5.74, 6) is -0.861. The number of ether oxygens (including phenoxy) is 1. The maximum Gasteiger partial charge on any atom is 0.378 e. The predicted octanol–water partition coefficient (Wildman–Crippen LogP) is 2.56. The molecule has 8 heteroatoms. The van der Waals surface area contributed by atoms with Crippen LogP contribution in [-0.4, -0.2) is 31.9 Å². The van der Waals surface area contributed by atoms with Gasteiger partial charge in [0, 0.05) is 5.56 Å². The summed E-state index contributed by atoms with van der Waals surface area (Å²) in [5.41, 5.74) is 0.745. The number of halogens is 1. The highest BCUT2D eigenvalue weighted by molar-refractivity contribution is 7.19. The van der Waals surface area contributed by atoms with Gasteiger partial charge in [-0.05, 0) is 38.1 Å². The van der Waals surface area contributed by atoms with Gasteiger partial charge in [0.15, 0.2) is 0 Å². The highest BCUT2D eigenvalue weighted by atomic mass is 32.1. The van der Waals surface area contributed by atoms with Gasteiger partial charge in [0.1, 0.15) is 10.8 Å². The van der Waals surface area contributed by atoms with Gasteiger partial charge < -0.3 is 4.74 Å². The lowest BCUT2D eigenvalue weighted by molar-refractivity contribution is 0.0360. The van der Waals surface area contributed by atoms with Gasteiger partial charge >= 0.3 is 5.97 Å². The summed E-state index contributed by atoms with van der Waals surface area (Å²) < 4.78 is 19.4. The summed E-state index contributed by atoms with van der Waals surface area (Å²) in [6.07, 6.45) is -0.250. The van der Waals surface area contributed by atoms with Crippen molar-refractivity contribution in [2.24, 2.45) is 0 Å². The first-order chi connectivity index (χ1) is 10.0. The molecule has 1 aromatic carbocycles. The number of carbonyl (C=O) groups is 1. The van der Waals surface area contributed by atoms with Crippen molar-refractivity contribution in [3.63, 3.8) is 0 Å². The van der Waals surface area contributed by atoms with E-state index in [9.17, 15) is 9.18 Å². The highest BCUT2D eigenvalue weighted by Crippen LogP contribution is 2.25. The van der Waals surface area contributed by atoms with E-state index >= 15 is 0 Å². The Hall–Kier alpha value is -2.35. The topological polar surface area (TPSA) is 69.4 Å². The van der Waals surface area contributed by atoms with Crippen LogP contribution < -0.4 is 0 Å². The van der Waals surface area contributed by atoms with Crippen molar-refractivity contribution in [2.75, 3.05) is 0 Å². The summed E-state index contributed by atoms with van der Waals surface area (Å²) in [6, 6.07) is 5.94. The molecule has 21 heavy (non-hydrogen) atoms. The van der Waals surface area contributed by atoms with Gasteiger partial charge in [-0.2, -0.15) is 9.61 Å². The van der Waals surface area contributed by atoms with Crippen LogP contribution in [0.3, 0.4) is 0 Å². The highest BCUT2D eigenvalue weighted by Gasteiger charge is 2.20. The van der Waals surface area contributed by atoms with Crippen LogP contribution in [0.15, 0.2) is 24.3 Å². The second kappa shape index (κ2) is 5.21. The fourth-order valence-electron chi connectivity index (χ4n) is 1.72. The van der Waals surface area contributed by atoms with Crippen LogP contribution in [0.1, 0.15) is 24.5 Å². The van der Waals surface area contributed by atoms with E-state index in [-0.39, 0.29) is 17.7 Å². The van der Waals surface area contributed by atoms with E-state index in [1.807, 2.05) is 0 Å². The quantitative estimate of drug-likeness (QED) is 0.696. The fourth-order valence-corrected chi connectivity index (χ4v) is 2.56. The minimum atomic E-state index is -0.576. The number of esters is 1. The normalized spacial score (nSPS) is 11.2. The van der Waals surface area contributed by atoms with Gasteiger partial charge in [-0.15, -0.1) is 10.2 Å². The SMILES string of the molecule is CC(C)OC(=O)c1nnc2sc(-c3ccc(F)cc3)nn12. The van der Waals surface area contributed by atoms with Crippen LogP contribution >= 0.6 is 11.3 Å². The minimum Gasteiger partial charge on any atom is -0.457 e. The van der Waals surface area contributed by atoms with E-state index in [1.165, 1.54) is 28.0 Å². The Kier molecular flexibility index (Phi) is 3.38. The van der Waals surface area contributed by atoms with Crippen LogP contribution in [0.4, 0.5) is 4.39 Å². The van der Waals surface area contributed by atoms with E-state index in [4.69, 9.17) is 4.74 Å². The van der Waals surface area contributed by atoms with Crippen LogP contribution in [0, 0.1) is 5.82 Å². The Balaban J connectivity index is 1.99. The first-order valence-electron chi connectivity index (χ1n) is 6.24. The second-order valence-electron chi connectivity index (χ2n) is 4.59. The monoisotopic (exact) mass is 306 g/mol. The predicted molar refractivity (Wildman–Crippen MR) is 74.6 cm³/mol. The average molecular weight is 306 g/mol. The summed E-state index contributed by atoms with van der Waals surface area (Å²) in [7, 11) is 0. The molecule has 0 amide bonds. The molecule has 0 atom stereocenters. The second-order valence-corrected chi connectivity index (χ2v) is 5.54. The lowest BCUT2D eigenvalue weighted by Gasteiger charge is -2.04. The van der Waals surface area contributed by atoms with E-state index in [0.29, 0.717) is 9.97 Å². The van der Waals surface area contributed by atoms with Crippen molar-refractivity contribution in [3.05, 3.63) is 35.9 Å². The molecular formula is C13H11FN4O2S. The first-order valence-corrected chi connectivity index (χ1v) is 7.05. The fraction of sp³-hybridized carbons (Fsp3) is 0.231. The number of aromatic nitrogens is 4. The lowest BCUT2D eigenvalue weighted by Crippen LogP contribution is -2.15. The van der Waals surface area contributed by atoms with Crippen molar-refractivity contribution in [2.45, 2.75) is 20.0 Å². The molecule has 0 bridgehead atoms. The van der Waals surface area contributed by atoms with E-state index < -0.39 is 5.97 Å². The molecule has 0 saturated heterocycles. The van der Waals surface area contributed by atoms with Gasteiger partial charge in [0.05, 0.1) is 6.10 Å². The smallest absolute Gasteiger partial charge is 0.378 e. The van der Waals surface area contributed by atoms with E-state index in [2.05, 4.69) is 15.3 Å². The average Bonchev–Trinajstić information content (AvgIpc) is 2.98. The number of nitrogens with zero attached hydrogens (tertiary/aromatic N) is 4. The van der Waals surface area contributed by atoms with Gasteiger partial charge in [0.2, 0.25) is 4.96 Å². The summed E-state index contributed by atoms with van der Waals surface area (Å²) in [5, 5.41) is 12.6. The van der Waals surface area contributed by atoms with Gasteiger partial charge in [-0.3, -0.25) is 0 Å². The molecule has 0 aliphatic heterocycles. The van der Waals surface area contributed by atoms with Gasteiger partial charge in [-0.25, -0.2) is 9.18 Å². The zero-order chi connectivity index (χ0) is 15.0. The summed E-state index contributed by atoms with van der Waals surface area (Å²) in [6.45, 7) is 3.50. The van der Waals surface area contributed by atoms with Crippen molar-refractivity contribution < 1.29 is 13.9 Å². The third-order valence-corrected chi connectivity index (χ3v) is 3.56. The largest absolute Gasteiger partial charge is 0.457 e. The molecular weight excluding hydrogens is 295 g/mol. The van der Waals surface area contributed by atoms with Gasteiger partial charge in [-0.1, -0.05) is 11.3 Å². The minimum absolute atomic E-state index is 0.0308. The van der Waals surface area contributed by atoms with Crippen molar-refractivity contribution in [3.8, 4) is 10.6 Å². The van der Waals surface area contributed by atoms with Crippen molar-refractivity contribution >= 4 is 22.3 Å². The number of hydrogen-bond donors (Lipinski definition) is 0. The number of fused-ring (bicyclic) bond motifs is 1. The Morgan fingerprint density at radius 3 is 2.67 bits per heavy atom. The molecule has 2 heterocycles. The zero-order valence-electron chi connectivity index (χ0n) is 11.3. The third kappa shape index (κ3) is 2.62. The maximum atomic E-state index is 12.9. The zero-order valence-corrected chi connectivity index (χ0v) is 12.1. The van der Waals surface area contributed by atoms with E-state index in [0.717, 1.165) is 5.56 Å². The number of carbonyl (C=O) groups excluding carboxylic acids is 1. The lowest BCUT2D eigenvalue weighted by atomic mass is 10.2. The van der Waals surface area contributed by atoms with Gasteiger partial charge in [0.25, 0.3) is 5.82 Å². The maximum absolute atomic E-state index is 12.9. The Morgan fingerprint density at radius 1 is 1.29 bits per heavy atom. The summed E-state index contributed by atoms with van der Waals surface area (Å²) in [4.78, 5) is 12.4. The Morgan fingerprint density at radius 2 is 2.00 bits per heavy atom.